The van der Waals surface area contributed by atoms with Crippen LogP contribution in [0, 0.1) is 5.92 Å². The smallest absolute Gasteiger partial charge is 0.0865 e. The summed E-state index contributed by atoms with van der Waals surface area (Å²) in [5, 5.41) is 3.62. The first kappa shape index (κ1) is 16.5. The molecule has 2 rings (SSSR count). The van der Waals surface area contributed by atoms with Crippen LogP contribution in [0.1, 0.15) is 50.8 Å². The van der Waals surface area contributed by atoms with Gasteiger partial charge in [0.1, 0.15) is 0 Å². The van der Waals surface area contributed by atoms with Gasteiger partial charge in [0.15, 0.2) is 0 Å². The standard InChI is InChI=1S/C18H29NO2/c1-18(2,3)19-12-16-6-5-11-21-17(16)15-9-7-14(8-10-15)13-20-4/h7-10,16-17,19H,5-6,11-13H2,1-4H3. The topological polar surface area (TPSA) is 30.5 Å². The maximum Gasteiger partial charge on any atom is 0.0865 e. The molecule has 0 aromatic heterocycles. The maximum atomic E-state index is 6.07. The highest BCUT2D eigenvalue weighted by atomic mass is 16.5. The van der Waals surface area contributed by atoms with Gasteiger partial charge in [0.05, 0.1) is 12.7 Å². The van der Waals surface area contributed by atoms with Gasteiger partial charge in [-0.15, -0.1) is 0 Å². The molecule has 118 valence electrons. The monoisotopic (exact) mass is 291 g/mol. The summed E-state index contributed by atoms with van der Waals surface area (Å²) in [5.41, 5.74) is 2.65. The second-order valence-electron chi connectivity index (χ2n) is 7.00. The molecule has 0 aliphatic carbocycles. The van der Waals surface area contributed by atoms with Crippen LogP contribution in [0.25, 0.3) is 0 Å². The zero-order valence-electron chi connectivity index (χ0n) is 13.8. The van der Waals surface area contributed by atoms with Crippen LogP contribution in [0.3, 0.4) is 0 Å². The SMILES string of the molecule is COCc1ccc(C2OCCCC2CNC(C)(C)C)cc1. The van der Waals surface area contributed by atoms with E-state index in [4.69, 9.17) is 9.47 Å². The fourth-order valence-electron chi connectivity index (χ4n) is 2.83. The van der Waals surface area contributed by atoms with Crippen LogP contribution < -0.4 is 5.32 Å². The van der Waals surface area contributed by atoms with Crippen molar-refractivity contribution in [3.05, 3.63) is 35.4 Å². The Morgan fingerprint density at radius 2 is 1.95 bits per heavy atom. The molecule has 1 N–H and O–H groups in total. The van der Waals surface area contributed by atoms with Gasteiger partial charge in [-0.2, -0.15) is 0 Å². The van der Waals surface area contributed by atoms with Crippen molar-refractivity contribution in [3.8, 4) is 0 Å². The van der Waals surface area contributed by atoms with E-state index >= 15 is 0 Å². The van der Waals surface area contributed by atoms with Gasteiger partial charge >= 0.3 is 0 Å². The van der Waals surface area contributed by atoms with E-state index in [0.29, 0.717) is 12.5 Å². The van der Waals surface area contributed by atoms with Gasteiger partial charge in [0.25, 0.3) is 0 Å². The molecule has 0 amide bonds. The quantitative estimate of drug-likeness (QED) is 0.897. The number of nitrogens with one attached hydrogen (secondary N) is 1. The van der Waals surface area contributed by atoms with E-state index in [1.807, 2.05) is 0 Å². The molecule has 3 heteroatoms. The third-order valence-corrected chi connectivity index (χ3v) is 3.96. The molecule has 0 radical (unpaired) electrons. The molecular weight excluding hydrogens is 262 g/mol. The first-order chi connectivity index (χ1) is 9.99. The fraction of sp³-hybridized carbons (Fsp3) is 0.667. The van der Waals surface area contributed by atoms with Gasteiger partial charge in [0.2, 0.25) is 0 Å². The Balaban J connectivity index is 2.03. The molecule has 0 spiro atoms. The Kier molecular flexibility index (Phi) is 5.80. The minimum absolute atomic E-state index is 0.157. The van der Waals surface area contributed by atoms with Gasteiger partial charge in [0, 0.05) is 31.7 Å². The Bertz CT molecular complexity index is 422. The summed E-state index contributed by atoms with van der Waals surface area (Å²) in [5.74, 6) is 0.547. The summed E-state index contributed by atoms with van der Waals surface area (Å²) in [6.45, 7) is 9.19. The van der Waals surface area contributed by atoms with Crippen LogP contribution >= 0.6 is 0 Å². The Morgan fingerprint density at radius 1 is 1.24 bits per heavy atom. The van der Waals surface area contributed by atoms with Crippen LogP contribution in [0.2, 0.25) is 0 Å². The Hall–Kier alpha value is -0.900. The lowest BCUT2D eigenvalue weighted by Crippen LogP contribution is -2.41. The number of methoxy groups -OCH3 is 1. The summed E-state index contributed by atoms with van der Waals surface area (Å²) < 4.78 is 11.2. The lowest BCUT2D eigenvalue weighted by Gasteiger charge is -2.34. The molecule has 2 unspecified atom stereocenters. The van der Waals surface area contributed by atoms with E-state index in [9.17, 15) is 0 Å². The zero-order valence-corrected chi connectivity index (χ0v) is 13.8. The lowest BCUT2D eigenvalue weighted by molar-refractivity contribution is -0.0292. The van der Waals surface area contributed by atoms with E-state index < -0.39 is 0 Å². The molecule has 0 bridgehead atoms. The second kappa shape index (κ2) is 7.39. The molecule has 2 atom stereocenters. The minimum atomic E-state index is 0.157. The molecule has 1 fully saturated rings. The van der Waals surface area contributed by atoms with Gasteiger partial charge < -0.3 is 14.8 Å². The number of hydrogen-bond donors (Lipinski definition) is 1. The van der Waals surface area contributed by atoms with E-state index in [1.165, 1.54) is 17.5 Å². The predicted octanol–water partition coefficient (Wildman–Crippen LogP) is 3.69. The molecule has 1 aliphatic heterocycles. The zero-order chi connectivity index (χ0) is 15.3. The third-order valence-electron chi connectivity index (χ3n) is 3.96. The summed E-state index contributed by atoms with van der Waals surface area (Å²) in [7, 11) is 1.73. The van der Waals surface area contributed by atoms with Crippen molar-refractivity contribution in [2.75, 3.05) is 20.3 Å². The molecule has 0 saturated carbocycles. The molecule has 1 heterocycles. The summed E-state index contributed by atoms with van der Waals surface area (Å²) in [6.07, 6.45) is 2.60. The molecule has 3 nitrogen and oxygen atoms in total. The molecule has 1 saturated heterocycles. The Morgan fingerprint density at radius 3 is 2.57 bits per heavy atom. The fourth-order valence-corrected chi connectivity index (χ4v) is 2.83. The largest absolute Gasteiger partial charge is 0.380 e. The average Bonchev–Trinajstić information content (AvgIpc) is 2.46. The molecule has 1 aromatic carbocycles. The Labute approximate surface area is 129 Å². The van der Waals surface area contributed by atoms with Crippen molar-refractivity contribution >= 4 is 0 Å². The van der Waals surface area contributed by atoms with Crippen LogP contribution in [-0.4, -0.2) is 25.8 Å². The first-order valence-corrected chi connectivity index (χ1v) is 7.94. The number of hydrogen-bond acceptors (Lipinski definition) is 3. The van der Waals surface area contributed by atoms with Gasteiger partial charge in [-0.25, -0.2) is 0 Å². The van der Waals surface area contributed by atoms with E-state index in [-0.39, 0.29) is 11.6 Å². The van der Waals surface area contributed by atoms with Crippen molar-refractivity contribution in [3.63, 3.8) is 0 Å². The average molecular weight is 291 g/mol. The number of benzene rings is 1. The van der Waals surface area contributed by atoms with Gasteiger partial charge in [-0.1, -0.05) is 24.3 Å². The molecule has 21 heavy (non-hydrogen) atoms. The van der Waals surface area contributed by atoms with Crippen LogP contribution in [0.5, 0.6) is 0 Å². The highest BCUT2D eigenvalue weighted by molar-refractivity contribution is 5.24. The summed E-state index contributed by atoms with van der Waals surface area (Å²) in [4.78, 5) is 0. The highest BCUT2D eigenvalue weighted by Gasteiger charge is 2.28. The second-order valence-corrected chi connectivity index (χ2v) is 7.00. The van der Waals surface area contributed by atoms with Gasteiger partial charge in [-0.3, -0.25) is 0 Å². The molecular formula is C18H29NO2. The summed E-state index contributed by atoms with van der Waals surface area (Å²) in [6, 6.07) is 8.67. The number of ether oxygens (including phenoxy) is 2. The van der Waals surface area contributed by atoms with Crippen molar-refractivity contribution in [2.45, 2.75) is 51.9 Å². The van der Waals surface area contributed by atoms with E-state index in [1.54, 1.807) is 7.11 Å². The van der Waals surface area contributed by atoms with Crippen molar-refractivity contribution < 1.29 is 9.47 Å². The van der Waals surface area contributed by atoms with Crippen LogP contribution in [0.15, 0.2) is 24.3 Å². The van der Waals surface area contributed by atoms with Crippen molar-refractivity contribution in [2.24, 2.45) is 5.92 Å². The minimum Gasteiger partial charge on any atom is -0.380 e. The predicted molar refractivity (Wildman–Crippen MR) is 86.3 cm³/mol. The van der Waals surface area contributed by atoms with Gasteiger partial charge in [-0.05, 0) is 44.7 Å². The van der Waals surface area contributed by atoms with E-state index in [0.717, 1.165) is 19.6 Å². The molecule has 1 aliphatic rings. The highest BCUT2D eigenvalue weighted by Crippen LogP contribution is 2.33. The van der Waals surface area contributed by atoms with Crippen molar-refractivity contribution in [1.29, 1.82) is 0 Å². The van der Waals surface area contributed by atoms with Crippen LogP contribution in [0.4, 0.5) is 0 Å². The summed E-state index contributed by atoms with van der Waals surface area (Å²) >= 11 is 0. The normalized spacial score (nSPS) is 23.2. The maximum absolute atomic E-state index is 6.07. The molecule has 1 aromatic rings. The van der Waals surface area contributed by atoms with Crippen molar-refractivity contribution in [1.82, 2.24) is 5.32 Å². The first-order valence-electron chi connectivity index (χ1n) is 7.94. The lowest BCUT2D eigenvalue weighted by atomic mass is 9.88. The third kappa shape index (κ3) is 5.10. The number of rotatable bonds is 5. The van der Waals surface area contributed by atoms with E-state index in [2.05, 4.69) is 50.4 Å². The van der Waals surface area contributed by atoms with Crippen LogP contribution in [-0.2, 0) is 16.1 Å².